The normalized spacial score (nSPS) is 17.7. The van der Waals surface area contributed by atoms with Gasteiger partial charge in [-0.25, -0.2) is 0 Å². The maximum absolute atomic E-state index is 12.4. The van der Waals surface area contributed by atoms with Gasteiger partial charge in [0.2, 0.25) is 0 Å². The number of rotatable bonds is 5. The summed E-state index contributed by atoms with van der Waals surface area (Å²) in [6.07, 6.45) is 7.50. The summed E-state index contributed by atoms with van der Waals surface area (Å²) in [4.78, 5) is 12.4. The number of carbonyl (C=O) groups excluding carboxylic acids is 1. The SMILES string of the molecule is CC(C)C[C@@H](NC(=O)c1ccc(Cl)cc1)C1CCCCC1. The zero-order valence-electron chi connectivity index (χ0n) is 13.1. The topological polar surface area (TPSA) is 29.1 Å². The summed E-state index contributed by atoms with van der Waals surface area (Å²) >= 11 is 5.88. The molecular weight excluding hydrogens is 282 g/mol. The number of amides is 1. The third-order valence-corrected chi connectivity index (χ3v) is 4.62. The second-order valence-corrected chi connectivity index (χ2v) is 7.05. The van der Waals surface area contributed by atoms with E-state index < -0.39 is 0 Å². The lowest BCUT2D eigenvalue weighted by Gasteiger charge is -2.32. The number of carbonyl (C=O) groups is 1. The monoisotopic (exact) mass is 307 g/mol. The van der Waals surface area contributed by atoms with Gasteiger partial charge >= 0.3 is 0 Å². The molecule has 1 atom stereocenters. The first-order chi connectivity index (χ1) is 10.1. The second kappa shape index (κ2) is 7.84. The molecule has 0 bridgehead atoms. The van der Waals surface area contributed by atoms with E-state index in [1.807, 2.05) is 0 Å². The molecule has 1 N–H and O–H groups in total. The summed E-state index contributed by atoms with van der Waals surface area (Å²) in [7, 11) is 0. The van der Waals surface area contributed by atoms with Crippen LogP contribution in [0.2, 0.25) is 5.02 Å². The lowest BCUT2D eigenvalue weighted by molar-refractivity contribution is 0.0904. The van der Waals surface area contributed by atoms with E-state index in [9.17, 15) is 4.79 Å². The van der Waals surface area contributed by atoms with E-state index in [4.69, 9.17) is 11.6 Å². The van der Waals surface area contributed by atoms with Gasteiger partial charge < -0.3 is 5.32 Å². The van der Waals surface area contributed by atoms with Crippen molar-refractivity contribution in [3.05, 3.63) is 34.9 Å². The first-order valence-corrected chi connectivity index (χ1v) is 8.50. The van der Waals surface area contributed by atoms with Crippen molar-refractivity contribution in [2.45, 2.75) is 58.4 Å². The van der Waals surface area contributed by atoms with Crippen molar-refractivity contribution in [2.24, 2.45) is 11.8 Å². The van der Waals surface area contributed by atoms with E-state index >= 15 is 0 Å². The highest BCUT2D eigenvalue weighted by Crippen LogP contribution is 2.29. The highest BCUT2D eigenvalue weighted by atomic mass is 35.5. The summed E-state index contributed by atoms with van der Waals surface area (Å²) in [6.45, 7) is 4.45. The minimum atomic E-state index is 0.0305. The molecule has 1 aliphatic carbocycles. The maximum atomic E-state index is 12.4. The van der Waals surface area contributed by atoms with Crippen LogP contribution in [-0.4, -0.2) is 11.9 Å². The molecule has 0 aliphatic heterocycles. The van der Waals surface area contributed by atoms with Crippen molar-refractivity contribution in [2.75, 3.05) is 0 Å². The molecule has 0 heterocycles. The molecule has 21 heavy (non-hydrogen) atoms. The van der Waals surface area contributed by atoms with E-state index in [1.165, 1.54) is 32.1 Å². The van der Waals surface area contributed by atoms with E-state index in [1.54, 1.807) is 24.3 Å². The lowest BCUT2D eigenvalue weighted by atomic mass is 9.81. The molecular formula is C18H26ClNO. The first kappa shape index (κ1) is 16.4. The Hall–Kier alpha value is -1.02. The van der Waals surface area contributed by atoms with Crippen LogP contribution in [0.15, 0.2) is 24.3 Å². The average Bonchev–Trinajstić information content (AvgIpc) is 2.47. The van der Waals surface area contributed by atoms with Crippen molar-refractivity contribution in [1.82, 2.24) is 5.32 Å². The van der Waals surface area contributed by atoms with Crippen LogP contribution in [-0.2, 0) is 0 Å². The van der Waals surface area contributed by atoms with Crippen LogP contribution < -0.4 is 5.32 Å². The Morgan fingerprint density at radius 3 is 2.38 bits per heavy atom. The van der Waals surface area contributed by atoms with Gasteiger partial charge in [-0.3, -0.25) is 4.79 Å². The molecule has 0 aromatic heterocycles. The maximum Gasteiger partial charge on any atom is 0.251 e. The van der Waals surface area contributed by atoms with Gasteiger partial charge in [-0.2, -0.15) is 0 Å². The molecule has 1 saturated carbocycles. The Balaban J connectivity index is 2.02. The fourth-order valence-electron chi connectivity index (χ4n) is 3.27. The largest absolute Gasteiger partial charge is 0.349 e. The zero-order valence-corrected chi connectivity index (χ0v) is 13.8. The van der Waals surface area contributed by atoms with Crippen LogP contribution in [0.25, 0.3) is 0 Å². The average molecular weight is 308 g/mol. The molecule has 2 nitrogen and oxygen atoms in total. The number of nitrogens with one attached hydrogen (secondary N) is 1. The Morgan fingerprint density at radius 2 is 1.81 bits per heavy atom. The summed E-state index contributed by atoms with van der Waals surface area (Å²) in [6, 6.07) is 7.44. The molecule has 1 aromatic carbocycles. The number of hydrogen-bond donors (Lipinski definition) is 1. The van der Waals surface area contributed by atoms with Gasteiger partial charge in [-0.1, -0.05) is 44.7 Å². The standard InChI is InChI=1S/C18H26ClNO/c1-13(2)12-17(14-6-4-3-5-7-14)20-18(21)15-8-10-16(19)11-9-15/h8-11,13-14,17H,3-7,12H2,1-2H3,(H,20,21)/t17-/m1/s1. The van der Waals surface area contributed by atoms with Gasteiger partial charge in [0.1, 0.15) is 0 Å². The fourth-order valence-corrected chi connectivity index (χ4v) is 3.39. The van der Waals surface area contributed by atoms with Gasteiger partial charge in [0, 0.05) is 16.6 Å². The molecule has 1 aromatic rings. The molecule has 3 heteroatoms. The Kier molecular flexibility index (Phi) is 6.10. The molecule has 0 radical (unpaired) electrons. The predicted octanol–water partition coefficient (Wildman–Crippen LogP) is 5.06. The second-order valence-electron chi connectivity index (χ2n) is 6.61. The molecule has 0 saturated heterocycles. The van der Waals surface area contributed by atoms with Crippen LogP contribution in [0, 0.1) is 11.8 Å². The minimum absolute atomic E-state index is 0.0305. The Morgan fingerprint density at radius 1 is 1.19 bits per heavy atom. The van der Waals surface area contributed by atoms with Gasteiger partial charge in [0.15, 0.2) is 0 Å². The van der Waals surface area contributed by atoms with Crippen molar-refractivity contribution < 1.29 is 4.79 Å². The summed E-state index contributed by atoms with van der Waals surface area (Å²) in [5.41, 5.74) is 0.698. The highest BCUT2D eigenvalue weighted by molar-refractivity contribution is 6.30. The van der Waals surface area contributed by atoms with Gasteiger partial charge in [-0.05, 0) is 55.4 Å². The molecule has 2 rings (SSSR count). The third-order valence-electron chi connectivity index (χ3n) is 4.37. The van der Waals surface area contributed by atoms with Gasteiger partial charge in [0.05, 0.1) is 0 Å². The van der Waals surface area contributed by atoms with Crippen LogP contribution >= 0.6 is 11.6 Å². The van der Waals surface area contributed by atoms with Gasteiger partial charge in [-0.15, -0.1) is 0 Å². The van der Waals surface area contributed by atoms with Crippen LogP contribution in [0.1, 0.15) is 62.7 Å². The number of hydrogen-bond acceptors (Lipinski definition) is 1. The Labute approximate surface area is 133 Å². The third kappa shape index (κ3) is 5.03. The molecule has 0 spiro atoms. The van der Waals surface area contributed by atoms with E-state index in [2.05, 4.69) is 19.2 Å². The van der Waals surface area contributed by atoms with Crippen LogP contribution in [0.5, 0.6) is 0 Å². The summed E-state index contributed by atoms with van der Waals surface area (Å²) in [5, 5.41) is 3.94. The molecule has 1 aliphatic rings. The Bertz CT molecular complexity index is 449. The highest BCUT2D eigenvalue weighted by Gasteiger charge is 2.26. The molecule has 116 valence electrons. The van der Waals surface area contributed by atoms with Crippen molar-refractivity contribution >= 4 is 17.5 Å². The summed E-state index contributed by atoms with van der Waals surface area (Å²) < 4.78 is 0. The fraction of sp³-hybridized carbons (Fsp3) is 0.611. The molecule has 1 fully saturated rings. The first-order valence-electron chi connectivity index (χ1n) is 8.12. The zero-order chi connectivity index (χ0) is 15.2. The molecule has 0 unspecified atom stereocenters. The van der Waals surface area contributed by atoms with Crippen molar-refractivity contribution in [1.29, 1.82) is 0 Å². The minimum Gasteiger partial charge on any atom is -0.349 e. The van der Waals surface area contributed by atoms with Gasteiger partial charge in [0.25, 0.3) is 5.91 Å². The quantitative estimate of drug-likeness (QED) is 0.809. The lowest BCUT2D eigenvalue weighted by Crippen LogP contribution is -2.42. The number of halogens is 1. The van der Waals surface area contributed by atoms with E-state index in [0.29, 0.717) is 28.5 Å². The van der Waals surface area contributed by atoms with E-state index in [0.717, 1.165) is 6.42 Å². The van der Waals surface area contributed by atoms with Crippen LogP contribution in [0.3, 0.4) is 0 Å². The summed E-state index contributed by atoms with van der Waals surface area (Å²) in [5.74, 6) is 1.27. The predicted molar refractivity (Wildman–Crippen MR) is 88.7 cm³/mol. The smallest absolute Gasteiger partial charge is 0.251 e. The van der Waals surface area contributed by atoms with Crippen molar-refractivity contribution in [3.8, 4) is 0 Å². The molecule has 1 amide bonds. The number of benzene rings is 1. The van der Waals surface area contributed by atoms with Crippen LogP contribution in [0.4, 0.5) is 0 Å². The van der Waals surface area contributed by atoms with Crippen molar-refractivity contribution in [3.63, 3.8) is 0 Å². The van der Waals surface area contributed by atoms with E-state index in [-0.39, 0.29) is 5.91 Å².